The van der Waals surface area contributed by atoms with Crippen LogP contribution in [0.15, 0.2) is 10.6 Å². The molecule has 7 nitrogen and oxygen atoms in total. The van der Waals surface area contributed by atoms with E-state index < -0.39 is 5.41 Å². The molecule has 0 aromatic carbocycles. The number of aromatic nitrogens is 1. The summed E-state index contributed by atoms with van der Waals surface area (Å²) in [5.74, 6) is 1.27. The molecule has 146 valence electrons. The lowest BCUT2D eigenvalue weighted by molar-refractivity contribution is -0.133. The first-order valence-corrected chi connectivity index (χ1v) is 9.68. The summed E-state index contributed by atoms with van der Waals surface area (Å²) in [4.78, 5) is 15.2. The van der Waals surface area contributed by atoms with Gasteiger partial charge in [-0.15, -0.1) is 0 Å². The molecule has 0 unspecified atom stereocenters. The summed E-state index contributed by atoms with van der Waals surface area (Å²) < 4.78 is 11.1. The van der Waals surface area contributed by atoms with E-state index in [1.807, 2.05) is 20.2 Å². The van der Waals surface area contributed by atoms with Gasteiger partial charge < -0.3 is 24.8 Å². The molecule has 0 spiro atoms. The van der Waals surface area contributed by atoms with Gasteiger partial charge in [0.05, 0.1) is 17.7 Å². The number of nitrogens with zero attached hydrogens (tertiary/aromatic N) is 2. The number of hydrogen-bond acceptors (Lipinski definition) is 6. The van der Waals surface area contributed by atoms with E-state index >= 15 is 0 Å². The first-order valence-electron chi connectivity index (χ1n) is 9.68. The highest BCUT2D eigenvalue weighted by molar-refractivity contribution is 5.83. The summed E-state index contributed by atoms with van der Waals surface area (Å²) >= 11 is 0. The Kier molecular flexibility index (Phi) is 6.32. The van der Waals surface area contributed by atoms with Crippen molar-refractivity contribution in [1.29, 1.82) is 0 Å². The van der Waals surface area contributed by atoms with Gasteiger partial charge in [0.15, 0.2) is 0 Å². The highest BCUT2D eigenvalue weighted by Crippen LogP contribution is 2.35. The molecule has 1 aromatic rings. The number of carbonyl (C=O) groups is 1. The zero-order valence-corrected chi connectivity index (χ0v) is 16.2. The number of carbonyl (C=O) groups excluding carboxylic acids is 1. The van der Waals surface area contributed by atoms with Gasteiger partial charge in [-0.2, -0.15) is 0 Å². The van der Waals surface area contributed by atoms with Gasteiger partial charge >= 0.3 is 0 Å². The van der Waals surface area contributed by atoms with Crippen molar-refractivity contribution >= 4 is 5.91 Å². The van der Waals surface area contributed by atoms with Crippen molar-refractivity contribution in [2.75, 3.05) is 46.9 Å². The summed E-state index contributed by atoms with van der Waals surface area (Å²) in [5, 5.41) is 10.8. The van der Waals surface area contributed by atoms with E-state index in [1.54, 1.807) is 0 Å². The van der Waals surface area contributed by atoms with Gasteiger partial charge in [0.25, 0.3) is 0 Å². The normalized spacial score (nSPS) is 23.9. The number of piperidine rings is 1. The molecular weight excluding hydrogens is 332 g/mol. The molecule has 2 N–H and O–H groups in total. The van der Waals surface area contributed by atoms with Gasteiger partial charge in [-0.05, 0) is 53.4 Å². The third kappa shape index (κ3) is 4.64. The molecule has 3 heterocycles. The molecule has 0 bridgehead atoms. The Morgan fingerprint density at radius 1 is 1.46 bits per heavy atom. The zero-order chi connectivity index (χ0) is 18.6. The van der Waals surface area contributed by atoms with Crippen molar-refractivity contribution in [3.63, 3.8) is 0 Å². The molecule has 26 heavy (non-hydrogen) atoms. The van der Waals surface area contributed by atoms with Gasteiger partial charge in [-0.3, -0.25) is 4.79 Å². The van der Waals surface area contributed by atoms with Crippen LogP contribution in [0.1, 0.15) is 43.6 Å². The van der Waals surface area contributed by atoms with E-state index in [2.05, 4.69) is 27.6 Å². The maximum Gasteiger partial charge on any atom is 0.227 e. The minimum Gasteiger partial charge on any atom is -0.381 e. The van der Waals surface area contributed by atoms with Crippen LogP contribution in [0, 0.1) is 5.41 Å². The molecule has 2 fully saturated rings. The standard InChI is InChI=1S/C19H32N4O3/c1-14(12-23(2)3)21-18(24)19(5-7-20-8-6-19)11-16-10-17(22-26-16)15-4-9-25-13-15/h10,14-15,20H,4-9,11-13H2,1-3H3,(H,21,24)/t14-,15-/m1/s1. The van der Waals surface area contributed by atoms with Gasteiger partial charge in [0.2, 0.25) is 5.91 Å². The number of amides is 1. The van der Waals surface area contributed by atoms with Crippen LogP contribution in [0.3, 0.4) is 0 Å². The minimum atomic E-state index is -0.422. The molecule has 2 aliphatic heterocycles. The Morgan fingerprint density at radius 2 is 2.23 bits per heavy atom. The van der Waals surface area contributed by atoms with Gasteiger partial charge in [0.1, 0.15) is 5.76 Å². The van der Waals surface area contributed by atoms with Crippen molar-refractivity contribution in [1.82, 2.24) is 20.7 Å². The number of hydrogen-bond donors (Lipinski definition) is 2. The van der Waals surface area contributed by atoms with E-state index in [4.69, 9.17) is 9.26 Å². The van der Waals surface area contributed by atoms with Crippen LogP contribution in [0.4, 0.5) is 0 Å². The third-order valence-electron chi connectivity index (χ3n) is 5.50. The minimum absolute atomic E-state index is 0.116. The lowest BCUT2D eigenvalue weighted by Gasteiger charge is -2.36. The maximum atomic E-state index is 13.1. The average molecular weight is 364 g/mol. The molecule has 2 aliphatic rings. The number of rotatable bonds is 7. The molecule has 2 atom stereocenters. The van der Waals surface area contributed by atoms with Crippen LogP contribution in [-0.4, -0.2) is 68.9 Å². The Labute approximate surface area is 155 Å². The molecule has 0 aliphatic carbocycles. The second kappa shape index (κ2) is 8.50. The smallest absolute Gasteiger partial charge is 0.227 e. The van der Waals surface area contributed by atoms with Gasteiger partial charge in [-0.25, -0.2) is 0 Å². The van der Waals surface area contributed by atoms with Crippen LogP contribution in [0.25, 0.3) is 0 Å². The van der Waals surface area contributed by atoms with E-state index in [0.717, 1.165) is 57.0 Å². The number of ether oxygens (including phenoxy) is 1. The molecule has 2 saturated heterocycles. The monoisotopic (exact) mass is 364 g/mol. The fraction of sp³-hybridized carbons (Fsp3) is 0.789. The van der Waals surface area contributed by atoms with Crippen LogP contribution in [0.2, 0.25) is 0 Å². The largest absolute Gasteiger partial charge is 0.381 e. The Hall–Kier alpha value is -1.44. The summed E-state index contributed by atoms with van der Waals surface area (Å²) in [6, 6.07) is 2.14. The van der Waals surface area contributed by atoms with Crippen molar-refractivity contribution in [2.45, 2.75) is 44.6 Å². The predicted molar refractivity (Wildman–Crippen MR) is 99.1 cm³/mol. The summed E-state index contributed by atoms with van der Waals surface area (Å²) in [6.45, 7) is 6.09. The molecule has 3 rings (SSSR count). The van der Waals surface area contributed by atoms with E-state index in [0.29, 0.717) is 18.9 Å². The lowest BCUT2D eigenvalue weighted by Crippen LogP contribution is -2.52. The summed E-state index contributed by atoms with van der Waals surface area (Å²) in [5.41, 5.74) is 0.539. The fourth-order valence-electron chi connectivity index (χ4n) is 4.07. The molecule has 1 aromatic heterocycles. The Morgan fingerprint density at radius 3 is 2.88 bits per heavy atom. The van der Waals surface area contributed by atoms with Crippen LogP contribution in [-0.2, 0) is 16.0 Å². The second-order valence-corrected chi connectivity index (χ2v) is 8.12. The van der Waals surface area contributed by atoms with Crippen LogP contribution < -0.4 is 10.6 Å². The van der Waals surface area contributed by atoms with Gasteiger partial charge in [-0.1, -0.05) is 5.16 Å². The molecule has 1 amide bonds. The zero-order valence-electron chi connectivity index (χ0n) is 16.2. The predicted octanol–water partition coefficient (Wildman–Crippen LogP) is 1.16. The Balaban J connectivity index is 1.69. The second-order valence-electron chi connectivity index (χ2n) is 8.12. The lowest BCUT2D eigenvalue weighted by atomic mass is 9.74. The fourth-order valence-corrected chi connectivity index (χ4v) is 4.07. The molecular formula is C19H32N4O3. The molecule has 0 radical (unpaired) electrons. The van der Waals surface area contributed by atoms with Crippen LogP contribution >= 0.6 is 0 Å². The number of likely N-dealkylation sites (N-methyl/N-ethyl adjacent to an activating group) is 1. The van der Waals surface area contributed by atoms with Crippen molar-refractivity contribution in [3.8, 4) is 0 Å². The topological polar surface area (TPSA) is 79.6 Å². The first-order chi connectivity index (χ1) is 12.5. The van der Waals surface area contributed by atoms with E-state index in [-0.39, 0.29) is 11.9 Å². The van der Waals surface area contributed by atoms with E-state index in [9.17, 15) is 4.79 Å². The quantitative estimate of drug-likeness (QED) is 0.756. The van der Waals surface area contributed by atoms with E-state index in [1.165, 1.54) is 0 Å². The molecule has 0 saturated carbocycles. The maximum absolute atomic E-state index is 13.1. The Bertz CT molecular complexity index is 589. The average Bonchev–Trinajstić information content (AvgIpc) is 3.26. The highest BCUT2D eigenvalue weighted by Gasteiger charge is 2.41. The van der Waals surface area contributed by atoms with Crippen molar-refractivity contribution in [2.24, 2.45) is 5.41 Å². The van der Waals surface area contributed by atoms with Crippen LogP contribution in [0.5, 0.6) is 0 Å². The van der Waals surface area contributed by atoms with Crippen molar-refractivity contribution < 1.29 is 14.1 Å². The number of nitrogens with one attached hydrogen (secondary N) is 2. The summed E-state index contributed by atoms with van der Waals surface area (Å²) in [7, 11) is 4.04. The van der Waals surface area contributed by atoms with Crippen molar-refractivity contribution in [3.05, 3.63) is 17.5 Å². The third-order valence-corrected chi connectivity index (χ3v) is 5.50. The first kappa shape index (κ1) is 19.3. The summed E-state index contributed by atoms with van der Waals surface area (Å²) in [6.07, 6.45) is 3.23. The SMILES string of the molecule is C[C@H](CN(C)C)NC(=O)C1(Cc2cc([C@@H]3CCOC3)no2)CCNCC1. The molecule has 7 heteroatoms. The van der Waals surface area contributed by atoms with Gasteiger partial charge in [0, 0.05) is 37.6 Å². The highest BCUT2D eigenvalue weighted by atomic mass is 16.5.